The number of carbonyl (C=O) groups excluding carboxylic acids is 1. The van der Waals surface area contributed by atoms with Crippen LogP contribution in [0.4, 0.5) is 8.78 Å². The number of likely N-dealkylation sites (tertiary alicyclic amines) is 2. The van der Waals surface area contributed by atoms with Crippen LogP contribution in [0, 0.1) is 29.4 Å². The first-order valence-electron chi connectivity index (χ1n) is 12.2. The second-order valence-corrected chi connectivity index (χ2v) is 11.2. The molecule has 0 aliphatic carbocycles. The molecule has 0 bridgehead atoms. The minimum atomic E-state index is -1.02. The molecule has 2 heterocycles. The van der Waals surface area contributed by atoms with E-state index in [0.29, 0.717) is 31.7 Å². The van der Waals surface area contributed by atoms with E-state index in [1.54, 1.807) is 0 Å². The number of benzene rings is 2. The molecule has 2 fully saturated rings. The van der Waals surface area contributed by atoms with Gasteiger partial charge in [-0.3, -0.25) is 9.69 Å². The van der Waals surface area contributed by atoms with Crippen LogP contribution in [0.3, 0.4) is 0 Å². The highest BCUT2D eigenvalue weighted by Gasteiger charge is 2.50. The Morgan fingerprint density at radius 1 is 0.971 bits per heavy atom. The largest absolute Gasteiger partial charge is 0.384 e. The Kier molecular flexibility index (Phi) is 8.00. The van der Waals surface area contributed by atoms with Crippen LogP contribution in [-0.2, 0) is 10.4 Å². The second-order valence-electron chi connectivity index (χ2n) is 11.2. The molecule has 2 aliphatic heterocycles. The molecule has 35 heavy (non-hydrogen) atoms. The summed E-state index contributed by atoms with van der Waals surface area (Å²) in [5.41, 5.74) is 0.0616. The molecule has 5 atom stereocenters. The summed E-state index contributed by atoms with van der Waals surface area (Å²) in [5.74, 6) is -2.35. The second kappa shape index (κ2) is 10.2. The Hall–Kier alpha value is -2.02. The maximum absolute atomic E-state index is 14.8. The molecule has 1 N–H and O–H groups in total. The first-order chi connectivity index (χ1) is 15.9. The number of rotatable bonds is 3. The highest BCUT2D eigenvalue weighted by molar-refractivity contribution is 5.85. The molecule has 0 radical (unpaired) electrons. The van der Waals surface area contributed by atoms with Crippen molar-refractivity contribution in [2.75, 3.05) is 26.2 Å². The smallest absolute Gasteiger partial charge is 0.227 e. The first-order valence-corrected chi connectivity index (χ1v) is 12.2. The van der Waals surface area contributed by atoms with E-state index in [1.807, 2.05) is 49.1 Å². The van der Waals surface area contributed by atoms with Gasteiger partial charge in [-0.05, 0) is 38.0 Å². The monoisotopic (exact) mass is 506 g/mol. The van der Waals surface area contributed by atoms with Gasteiger partial charge < -0.3 is 10.0 Å². The molecule has 192 valence electrons. The van der Waals surface area contributed by atoms with Crippen molar-refractivity contribution in [2.24, 2.45) is 17.8 Å². The SMILES string of the molecule is C[C@@H]1CN(C(=O)[C@@H]2CN(C(C)(C)C)C[C@H]2c2ccc(F)cc2F)C[C@H](C)C1(O)c1ccccc1.Cl. The van der Waals surface area contributed by atoms with Gasteiger partial charge in [0.15, 0.2) is 0 Å². The highest BCUT2D eigenvalue weighted by atomic mass is 35.5. The molecular weight excluding hydrogens is 470 g/mol. The minimum Gasteiger partial charge on any atom is -0.384 e. The summed E-state index contributed by atoms with van der Waals surface area (Å²) in [6.45, 7) is 12.1. The van der Waals surface area contributed by atoms with Gasteiger partial charge in [-0.2, -0.15) is 0 Å². The Balaban J connectivity index is 0.00000342. The van der Waals surface area contributed by atoms with Gasteiger partial charge in [-0.25, -0.2) is 8.78 Å². The quantitative estimate of drug-likeness (QED) is 0.622. The van der Waals surface area contributed by atoms with E-state index < -0.39 is 23.2 Å². The fraction of sp³-hybridized carbons (Fsp3) is 0.536. The van der Waals surface area contributed by atoms with Crippen molar-refractivity contribution >= 4 is 18.3 Å². The molecule has 7 heteroatoms. The van der Waals surface area contributed by atoms with Gasteiger partial charge in [0.25, 0.3) is 0 Å². The van der Waals surface area contributed by atoms with Crippen molar-refractivity contribution in [2.45, 2.75) is 51.7 Å². The summed E-state index contributed by atoms with van der Waals surface area (Å²) in [5, 5.41) is 11.7. The van der Waals surface area contributed by atoms with Gasteiger partial charge in [0, 0.05) is 55.5 Å². The van der Waals surface area contributed by atoms with Crippen LogP contribution < -0.4 is 0 Å². The van der Waals surface area contributed by atoms with E-state index in [-0.39, 0.29) is 41.6 Å². The third-order valence-corrected chi connectivity index (χ3v) is 7.99. The Labute approximate surface area is 213 Å². The van der Waals surface area contributed by atoms with Gasteiger partial charge in [0.05, 0.1) is 11.5 Å². The van der Waals surface area contributed by atoms with Crippen LogP contribution in [0.1, 0.15) is 51.7 Å². The Morgan fingerprint density at radius 3 is 2.11 bits per heavy atom. The fourth-order valence-electron chi connectivity index (χ4n) is 5.91. The number of halogens is 3. The van der Waals surface area contributed by atoms with E-state index in [1.165, 1.54) is 12.1 Å². The lowest BCUT2D eigenvalue weighted by Gasteiger charge is -2.48. The molecule has 0 spiro atoms. The zero-order valence-electron chi connectivity index (χ0n) is 21.2. The lowest BCUT2D eigenvalue weighted by Crippen LogP contribution is -2.57. The van der Waals surface area contributed by atoms with Crippen LogP contribution >= 0.6 is 12.4 Å². The maximum atomic E-state index is 14.8. The molecule has 2 aliphatic rings. The van der Waals surface area contributed by atoms with Crippen LogP contribution in [0.5, 0.6) is 0 Å². The van der Waals surface area contributed by atoms with Crippen molar-refractivity contribution in [1.29, 1.82) is 0 Å². The summed E-state index contributed by atoms with van der Waals surface area (Å²) in [4.78, 5) is 17.9. The molecule has 4 rings (SSSR count). The van der Waals surface area contributed by atoms with Crippen molar-refractivity contribution in [1.82, 2.24) is 9.80 Å². The normalized spacial score (nSPS) is 29.7. The van der Waals surface area contributed by atoms with Gasteiger partial charge in [-0.15, -0.1) is 12.4 Å². The summed E-state index contributed by atoms with van der Waals surface area (Å²) in [7, 11) is 0. The van der Waals surface area contributed by atoms with Crippen molar-refractivity contribution < 1.29 is 18.7 Å². The van der Waals surface area contributed by atoms with Crippen LogP contribution in [-0.4, -0.2) is 52.5 Å². The van der Waals surface area contributed by atoms with Crippen LogP contribution in [0.25, 0.3) is 0 Å². The van der Waals surface area contributed by atoms with Crippen LogP contribution in [0.2, 0.25) is 0 Å². The Bertz CT molecular complexity index is 1030. The molecule has 1 amide bonds. The van der Waals surface area contributed by atoms with Gasteiger partial charge in [0.1, 0.15) is 11.6 Å². The topological polar surface area (TPSA) is 43.8 Å². The average Bonchev–Trinajstić information content (AvgIpc) is 3.23. The minimum absolute atomic E-state index is 0. The maximum Gasteiger partial charge on any atom is 0.227 e. The zero-order chi connectivity index (χ0) is 24.8. The number of carbonyl (C=O) groups is 1. The molecule has 2 saturated heterocycles. The van der Waals surface area contributed by atoms with E-state index in [2.05, 4.69) is 25.7 Å². The molecule has 2 aromatic rings. The molecular formula is C28H37ClF2N2O2. The predicted octanol–water partition coefficient (Wildman–Crippen LogP) is 5.20. The average molecular weight is 507 g/mol. The van der Waals surface area contributed by atoms with E-state index in [9.17, 15) is 18.7 Å². The number of hydrogen-bond donors (Lipinski definition) is 1. The third-order valence-electron chi connectivity index (χ3n) is 7.99. The van der Waals surface area contributed by atoms with Crippen molar-refractivity contribution in [3.63, 3.8) is 0 Å². The van der Waals surface area contributed by atoms with Gasteiger partial charge in [0.2, 0.25) is 5.91 Å². The molecule has 0 aromatic heterocycles. The Morgan fingerprint density at radius 2 is 1.57 bits per heavy atom. The third kappa shape index (κ3) is 5.11. The van der Waals surface area contributed by atoms with E-state index in [0.717, 1.165) is 11.6 Å². The highest BCUT2D eigenvalue weighted by Crippen LogP contribution is 2.43. The first kappa shape index (κ1) is 27.6. The van der Waals surface area contributed by atoms with Gasteiger partial charge >= 0.3 is 0 Å². The van der Waals surface area contributed by atoms with E-state index >= 15 is 0 Å². The summed E-state index contributed by atoms with van der Waals surface area (Å²) < 4.78 is 28.4. The lowest BCUT2D eigenvalue weighted by molar-refractivity contribution is -0.152. The summed E-state index contributed by atoms with van der Waals surface area (Å²) in [6, 6.07) is 13.3. The molecule has 0 saturated carbocycles. The summed E-state index contributed by atoms with van der Waals surface area (Å²) >= 11 is 0. The number of amides is 1. The number of aliphatic hydroxyl groups is 1. The van der Waals surface area contributed by atoms with E-state index in [4.69, 9.17) is 0 Å². The number of hydrogen-bond acceptors (Lipinski definition) is 3. The number of nitrogens with zero attached hydrogens (tertiary/aromatic N) is 2. The van der Waals surface area contributed by atoms with Crippen LogP contribution in [0.15, 0.2) is 48.5 Å². The van der Waals surface area contributed by atoms with Crippen molar-refractivity contribution in [3.05, 3.63) is 71.3 Å². The predicted molar refractivity (Wildman–Crippen MR) is 136 cm³/mol. The molecule has 2 aromatic carbocycles. The zero-order valence-corrected chi connectivity index (χ0v) is 22.0. The summed E-state index contributed by atoms with van der Waals surface area (Å²) in [6.07, 6.45) is 0. The molecule has 1 unspecified atom stereocenters. The standard InChI is InChI=1S/C28H36F2N2O2.ClH/c1-18-14-31(15-19(2)28(18,34)20-9-7-6-8-10-20)26(33)24-17-32(27(3,4)5)16-23(24)22-12-11-21(29)13-25(22)30;/h6-13,18-19,23-24,34H,14-17H2,1-5H3;1H/t18-,19+,23-,24+,28?;/m0./s1. The lowest BCUT2D eigenvalue weighted by atomic mass is 9.70. The van der Waals surface area contributed by atoms with Gasteiger partial charge in [-0.1, -0.05) is 50.2 Å². The fourth-order valence-corrected chi connectivity index (χ4v) is 5.91. The number of piperidine rings is 1. The molecule has 4 nitrogen and oxygen atoms in total. The van der Waals surface area contributed by atoms with Crippen molar-refractivity contribution in [3.8, 4) is 0 Å².